The van der Waals surface area contributed by atoms with Gasteiger partial charge in [0.15, 0.2) is 0 Å². The Morgan fingerprint density at radius 2 is 1.65 bits per heavy atom. The Morgan fingerprint density at radius 3 is 2.29 bits per heavy atom. The highest BCUT2D eigenvalue weighted by Crippen LogP contribution is 2.34. The number of nitrogens with one attached hydrogen (secondary N) is 1. The van der Waals surface area contributed by atoms with Crippen molar-refractivity contribution in [1.29, 1.82) is 0 Å². The molecule has 85 valence electrons. The fourth-order valence-corrected chi connectivity index (χ4v) is 2.59. The molecular weight excluding hydrogens is 208 g/mol. The van der Waals surface area contributed by atoms with Gasteiger partial charge in [-0.15, -0.1) is 0 Å². The van der Waals surface area contributed by atoms with Gasteiger partial charge in [-0.1, -0.05) is 18.2 Å². The minimum atomic E-state index is 0.898. The molecule has 1 fully saturated rings. The Hall–Kier alpha value is -1.64. The molecule has 1 unspecified atom stereocenters. The van der Waals surface area contributed by atoms with Crippen molar-refractivity contribution < 1.29 is 0 Å². The molecule has 1 radical (unpaired) electrons. The summed E-state index contributed by atoms with van der Waals surface area (Å²) < 4.78 is 0.898. The van der Waals surface area contributed by atoms with Crippen LogP contribution in [-0.4, -0.2) is 19.8 Å². The topological polar surface area (TPSA) is 12.0 Å². The van der Waals surface area contributed by atoms with Crippen LogP contribution in [0.2, 0.25) is 0 Å². The van der Waals surface area contributed by atoms with E-state index in [1.807, 2.05) is 12.1 Å². The average molecular weight is 224 g/mol. The summed E-state index contributed by atoms with van der Waals surface area (Å²) in [7, 11) is 0. The highest BCUT2D eigenvalue weighted by Gasteiger charge is 2.36. The largest absolute Gasteiger partial charge is 0.264 e. The lowest BCUT2D eigenvalue weighted by Gasteiger charge is -2.32. The molecule has 0 aromatic heterocycles. The first-order valence-electron chi connectivity index (χ1n) is 6.02. The van der Waals surface area contributed by atoms with Crippen LogP contribution in [0.1, 0.15) is 0 Å². The number of hydrogen-bond donors (Lipinski definition) is 1. The number of rotatable bonds is 2. The van der Waals surface area contributed by atoms with Crippen LogP contribution < -0.4 is 9.80 Å². The molecule has 17 heavy (non-hydrogen) atoms. The summed E-state index contributed by atoms with van der Waals surface area (Å²) in [4.78, 5) is 0. The van der Waals surface area contributed by atoms with Crippen molar-refractivity contribution in [3.63, 3.8) is 0 Å². The van der Waals surface area contributed by atoms with E-state index in [9.17, 15) is 0 Å². The Kier molecular flexibility index (Phi) is 2.67. The zero-order valence-corrected chi connectivity index (χ0v) is 9.76. The molecule has 0 spiro atoms. The number of para-hydroxylation sites is 1. The molecule has 1 saturated heterocycles. The number of hydrogen-bond acceptors (Lipinski definition) is 1. The van der Waals surface area contributed by atoms with Gasteiger partial charge >= 0.3 is 0 Å². The molecule has 1 aliphatic heterocycles. The molecule has 0 saturated carbocycles. The van der Waals surface area contributed by atoms with Gasteiger partial charge in [-0.05, 0) is 30.3 Å². The molecule has 1 atom stereocenters. The van der Waals surface area contributed by atoms with E-state index in [1.165, 1.54) is 11.4 Å². The summed E-state index contributed by atoms with van der Waals surface area (Å²) in [5, 5.41) is 3.47. The standard InChI is InChI=1S/C15H16N2/c1-3-7-14(8-4-1)17(12-11-16-13-17)15-9-5-2-6-10-15/h1,3-10,16H,11-13H2/q+1. The number of nitrogens with zero attached hydrogens (tertiary/aromatic N) is 1. The lowest BCUT2D eigenvalue weighted by molar-refractivity contribution is 0.460. The third-order valence-corrected chi connectivity index (χ3v) is 3.50. The number of quaternary nitrogens is 1. The zero-order chi connectivity index (χ0) is 11.6. The van der Waals surface area contributed by atoms with E-state index in [0.29, 0.717) is 0 Å². The minimum absolute atomic E-state index is 0.898. The third-order valence-electron chi connectivity index (χ3n) is 3.50. The van der Waals surface area contributed by atoms with E-state index < -0.39 is 0 Å². The Balaban J connectivity index is 2.11. The first kappa shape index (κ1) is 10.5. The second-order valence-corrected chi connectivity index (χ2v) is 4.44. The number of benzene rings is 2. The summed E-state index contributed by atoms with van der Waals surface area (Å²) in [6.45, 7) is 3.13. The van der Waals surface area contributed by atoms with Gasteiger partial charge in [0.25, 0.3) is 0 Å². The average Bonchev–Trinajstić information content (AvgIpc) is 2.91. The van der Waals surface area contributed by atoms with Crippen LogP contribution in [0, 0.1) is 6.07 Å². The molecule has 0 amide bonds. The molecule has 3 rings (SSSR count). The molecule has 1 N–H and O–H groups in total. The Bertz CT molecular complexity index is 431. The molecule has 0 aliphatic carbocycles. The quantitative estimate of drug-likeness (QED) is 0.773. The molecule has 2 nitrogen and oxygen atoms in total. The van der Waals surface area contributed by atoms with Crippen LogP contribution in [0.4, 0.5) is 11.4 Å². The smallest absolute Gasteiger partial charge is 0.142 e. The van der Waals surface area contributed by atoms with E-state index in [4.69, 9.17) is 0 Å². The van der Waals surface area contributed by atoms with Crippen molar-refractivity contribution in [3.8, 4) is 0 Å². The van der Waals surface area contributed by atoms with Crippen LogP contribution in [0.3, 0.4) is 0 Å². The van der Waals surface area contributed by atoms with Crippen LogP contribution in [0.15, 0.2) is 54.6 Å². The van der Waals surface area contributed by atoms with Crippen LogP contribution in [-0.2, 0) is 0 Å². The van der Waals surface area contributed by atoms with E-state index in [0.717, 1.165) is 24.2 Å². The monoisotopic (exact) mass is 224 g/mol. The predicted molar refractivity (Wildman–Crippen MR) is 70.9 cm³/mol. The van der Waals surface area contributed by atoms with Crippen molar-refractivity contribution in [2.45, 2.75) is 0 Å². The zero-order valence-electron chi connectivity index (χ0n) is 9.76. The van der Waals surface area contributed by atoms with Gasteiger partial charge < -0.3 is 0 Å². The molecule has 2 aromatic carbocycles. The third kappa shape index (κ3) is 1.75. The van der Waals surface area contributed by atoms with Gasteiger partial charge in [0.05, 0.1) is 6.54 Å². The van der Waals surface area contributed by atoms with E-state index in [1.54, 1.807) is 0 Å². The van der Waals surface area contributed by atoms with Crippen molar-refractivity contribution in [3.05, 3.63) is 60.7 Å². The molecule has 2 heteroatoms. The lowest BCUT2D eigenvalue weighted by atomic mass is 10.2. The van der Waals surface area contributed by atoms with E-state index >= 15 is 0 Å². The maximum absolute atomic E-state index is 3.47. The molecule has 2 aromatic rings. The Labute approximate surface area is 102 Å². The van der Waals surface area contributed by atoms with Crippen LogP contribution >= 0.6 is 0 Å². The summed E-state index contributed by atoms with van der Waals surface area (Å²) >= 11 is 0. The summed E-state index contributed by atoms with van der Waals surface area (Å²) in [6, 6.07) is 22.1. The van der Waals surface area contributed by atoms with Gasteiger partial charge in [0.2, 0.25) is 0 Å². The fourth-order valence-electron chi connectivity index (χ4n) is 2.59. The highest BCUT2D eigenvalue weighted by molar-refractivity contribution is 5.58. The van der Waals surface area contributed by atoms with Gasteiger partial charge in [-0.3, -0.25) is 5.32 Å². The summed E-state index contributed by atoms with van der Waals surface area (Å²) in [5.74, 6) is 0. The first-order chi connectivity index (χ1) is 8.42. The van der Waals surface area contributed by atoms with Gasteiger partial charge in [-0.2, -0.15) is 0 Å². The molecule has 1 aliphatic rings. The highest BCUT2D eigenvalue weighted by atomic mass is 15.5. The van der Waals surface area contributed by atoms with Crippen molar-refractivity contribution in [2.24, 2.45) is 0 Å². The summed E-state index contributed by atoms with van der Waals surface area (Å²) in [5.41, 5.74) is 2.68. The first-order valence-corrected chi connectivity index (χ1v) is 6.02. The predicted octanol–water partition coefficient (Wildman–Crippen LogP) is 2.69. The van der Waals surface area contributed by atoms with E-state index in [-0.39, 0.29) is 0 Å². The minimum Gasteiger partial charge on any atom is -0.264 e. The summed E-state index contributed by atoms with van der Waals surface area (Å²) in [6.07, 6.45) is 0. The normalized spacial score (nSPS) is 18.1. The fraction of sp³-hybridized carbons (Fsp3) is 0.200. The lowest BCUT2D eigenvalue weighted by Crippen LogP contribution is -2.42. The Morgan fingerprint density at radius 1 is 0.941 bits per heavy atom. The molecule has 0 bridgehead atoms. The van der Waals surface area contributed by atoms with Crippen molar-refractivity contribution in [2.75, 3.05) is 19.8 Å². The molecule has 1 heterocycles. The second kappa shape index (κ2) is 4.32. The maximum Gasteiger partial charge on any atom is 0.142 e. The van der Waals surface area contributed by atoms with Crippen molar-refractivity contribution in [1.82, 2.24) is 9.80 Å². The van der Waals surface area contributed by atoms with Gasteiger partial charge in [-0.25, -0.2) is 4.48 Å². The molecular formula is C15H16N2+. The van der Waals surface area contributed by atoms with Gasteiger partial charge in [0.1, 0.15) is 24.6 Å². The van der Waals surface area contributed by atoms with Crippen molar-refractivity contribution >= 4 is 11.4 Å². The van der Waals surface area contributed by atoms with Crippen LogP contribution in [0.5, 0.6) is 0 Å². The maximum atomic E-state index is 3.47. The van der Waals surface area contributed by atoms with E-state index in [2.05, 4.69) is 53.8 Å². The van der Waals surface area contributed by atoms with Gasteiger partial charge in [0, 0.05) is 12.1 Å². The van der Waals surface area contributed by atoms with Crippen LogP contribution in [0.25, 0.3) is 0 Å². The second-order valence-electron chi connectivity index (χ2n) is 4.44. The SMILES string of the molecule is [c]1ccc([N+]2(c3ccccc3)CCNC2)cc1.